The van der Waals surface area contributed by atoms with E-state index in [4.69, 9.17) is 4.74 Å². The molecule has 1 aromatic heterocycles. The predicted molar refractivity (Wildman–Crippen MR) is 74.5 cm³/mol. The number of hydrogen-bond acceptors (Lipinski definition) is 4. The predicted octanol–water partition coefficient (Wildman–Crippen LogP) is 2.89. The highest BCUT2D eigenvalue weighted by Crippen LogP contribution is 2.21. The number of non-ortho nitro benzene ring substituents is 1. The largest absolute Gasteiger partial charge is 0.464 e. The fourth-order valence-corrected chi connectivity index (χ4v) is 1.95. The van der Waals surface area contributed by atoms with Crippen LogP contribution in [0, 0.1) is 10.1 Å². The van der Waals surface area contributed by atoms with E-state index in [2.05, 4.69) is 0 Å². The number of hydrogen-bond donors (Lipinski definition) is 0. The number of carbonyl (C=O) groups excluding carboxylic acids is 1. The monoisotopic (exact) mass is 276 g/mol. The lowest BCUT2D eigenvalue weighted by molar-refractivity contribution is -0.384. The van der Waals surface area contributed by atoms with Gasteiger partial charge in [0.05, 0.1) is 11.5 Å². The Morgan fingerprint density at radius 2 is 2.20 bits per heavy atom. The molecule has 0 N–H and O–H groups in total. The second-order valence-corrected chi connectivity index (χ2v) is 4.52. The molecule has 2 aromatic rings. The van der Waals surface area contributed by atoms with Crippen molar-refractivity contribution in [2.24, 2.45) is 0 Å². The first-order valence-electron chi connectivity index (χ1n) is 6.50. The average molecular weight is 276 g/mol. The summed E-state index contributed by atoms with van der Waals surface area (Å²) in [5.41, 5.74) is 0.823. The van der Waals surface area contributed by atoms with Gasteiger partial charge in [0.15, 0.2) is 0 Å². The van der Waals surface area contributed by atoms with Crippen molar-refractivity contribution >= 4 is 22.6 Å². The minimum Gasteiger partial charge on any atom is -0.464 e. The summed E-state index contributed by atoms with van der Waals surface area (Å²) in [6.07, 6.45) is 3.56. The molecule has 0 fully saturated rings. The van der Waals surface area contributed by atoms with Gasteiger partial charge >= 0.3 is 5.97 Å². The molecule has 0 radical (unpaired) electrons. The van der Waals surface area contributed by atoms with E-state index in [1.165, 1.54) is 12.1 Å². The minimum atomic E-state index is -0.435. The number of rotatable bonds is 6. The van der Waals surface area contributed by atoms with Gasteiger partial charge < -0.3 is 9.30 Å². The first kappa shape index (κ1) is 14.0. The molecule has 1 aromatic carbocycles. The van der Waals surface area contributed by atoms with E-state index < -0.39 is 4.92 Å². The Hall–Kier alpha value is -2.37. The second-order valence-electron chi connectivity index (χ2n) is 4.52. The van der Waals surface area contributed by atoms with E-state index in [1.807, 2.05) is 6.92 Å². The SMILES string of the molecule is CCCCOC(=O)Cn1ccc2cc([N+](=O)[O-])ccc21. The van der Waals surface area contributed by atoms with Crippen LogP contribution >= 0.6 is 0 Å². The molecule has 0 atom stereocenters. The van der Waals surface area contributed by atoms with Crippen molar-refractivity contribution in [3.05, 3.63) is 40.6 Å². The third-order valence-electron chi connectivity index (χ3n) is 3.03. The summed E-state index contributed by atoms with van der Waals surface area (Å²) in [6.45, 7) is 2.57. The highest BCUT2D eigenvalue weighted by molar-refractivity contribution is 5.84. The number of unbranched alkanes of at least 4 members (excludes halogenated alkanes) is 1. The van der Waals surface area contributed by atoms with Crippen molar-refractivity contribution < 1.29 is 14.5 Å². The fourth-order valence-electron chi connectivity index (χ4n) is 1.95. The highest BCUT2D eigenvalue weighted by atomic mass is 16.6. The number of ether oxygens (including phenoxy) is 1. The lowest BCUT2D eigenvalue weighted by atomic mass is 10.2. The zero-order valence-electron chi connectivity index (χ0n) is 11.2. The number of aromatic nitrogens is 1. The van der Waals surface area contributed by atoms with Gasteiger partial charge in [-0.25, -0.2) is 0 Å². The van der Waals surface area contributed by atoms with Crippen LogP contribution in [0.15, 0.2) is 30.5 Å². The maximum absolute atomic E-state index is 11.7. The van der Waals surface area contributed by atoms with E-state index in [0.717, 1.165) is 23.7 Å². The van der Waals surface area contributed by atoms with Gasteiger partial charge in [-0.05, 0) is 18.6 Å². The molecule has 0 spiro atoms. The zero-order chi connectivity index (χ0) is 14.5. The molecular weight excluding hydrogens is 260 g/mol. The van der Waals surface area contributed by atoms with Crippen molar-refractivity contribution in [2.45, 2.75) is 26.3 Å². The Morgan fingerprint density at radius 3 is 2.90 bits per heavy atom. The van der Waals surface area contributed by atoms with Crippen molar-refractivity contribution in [1.29, 1.82) is 0 Å². The number of nitrogens with zero attached hydrogens (tertiary/aromatic N) is 2. The number of nitro groups is 1. The van der Waals surface area contributed by atoms with Gasteiger partial charge in [-0.1, -0.05) is 13.3 Å². The third kappa shape index (κ3) is 3.14. The van der Waals surface area contributed by atoms with E-state index in [9.17, 15) is 14.9 Å². The average Bonchev–Trinajstić information content (AvgIpc) is 2.81. The molecule has 0 aliphatic heterocycles. The van der Waals surface area contributed by atoms with E-state index in [0.29, 0.717) is 6.61 Å². The number of carbonyl (C=O) groups is 1. The summed E-state index contributed by atoms with van der Waals surface area (Å²) in [5, 5.41) is 11.4. The highest BCUT2D eigenvalue weighted by Gasteiger charge is 2.11. The van der Waals surface area contributed by atoms with Crippen LogP contribution in [0.2, 0.25) is 0 Å². The summed E-state index contributed by atoms with van der Waals surface area (Å²) >= 11 is 0. The van der Waals surface area contributed by atoms with Crippen molar-refractivity contribution in [3.8, 4) is 0 Å². The molecule has 0 saturated heterocycles. The van der Waals surface area contributed by atoms with Gasteiger partial charge in [0.25, 0.3) is 5.69 Å². The molecule has 20 heavy (non-hydrogen) atoms. The molecule has 1 heterocycles. The minimum absolute atomic E-state index is 0.0424. The lowest BCUT2D eigenvalue weighted by Crippen LogP contribution is -2.13. The molecule has 0 aliphatic carbocycles. The summed E-state index contributed by atoms with van der Waals surface area (Å²) in [4.78, 5) is 21.9. The molecule has 2 rings (SSSR count). The fraction of sp³-hybridized carbons (Fsp3) is 0.357. The number of benzene rings is 1. The molecule has 106 valence electrons. The van der Waals surface area contributed by atoms with Crippen molar-refractivity contribution in [1.82, 2.24) is 4.57 Å². The Balaban J connectivity index is 2.11. The molecule has 0 saturated carbocycles. The summed E-state index contributed by atoms with van der Waals surface area (Å²) in [5.74, 6) is -0.297. The Labute approximate surface area is 116 Å². The molecule has 0 bridgehead atoms. The second kappa shape index (κ2) is 6.18. The molecular formula is C14H16N2O4. The van der Waals surface area contributed by atoms with E-state index >= 15 is 0 Å². The molecule has 0 amide bonds. The maximum atomic E-state index is 11.7. The number of fused-ring (bicyclic) bond motifs is 1. The molecule has 0 unspecified atom stereocenters. The quantitative estimate of drug-likeness (QED) is 0.352. The van der Waals surface area contributed by atoms with Crippen LogP contribution in [0.1, 0.15) is 19.8 Å². The van der Waals surface area contributed by atoms with Crippen LogP contribution in [0.25, 0.3) is 10.9 Å². The topological polar surface area (TPSA) is 74.4 Å². The summed E-state index contributed by atoms with van der Waals surface area (Å²) < 4.78 is 6.83. The molecule has 0 aliphatic rings. The van der Waals surface area contributed by atoms with E-state index in [1.54, 1.807) is 22.9 Å². The number of nitro benzene ring substituents is 1. The van der Waals surface area contributed by atoms with Crippen molar-refractivity contribution in [3.63, 3.8) is 0 Å². The first-order chi connectivity index (χ1) is 9.61. The van der Waals surface area contributed by atoms with Crippen LogP contribution in [0.5, 0.6) is 0 Å². The first-order valence-corrected chi connectivity index (χ1v) is 6.50. The molecule has 6 nitrogen and oxygen atoms in total. The summed E-state index contributed by atoms with van der Waals surface area (Å²) in [7, 11) is 0. The Kier molecular flexibility index (Phi) is 4.34. The van der Waals surface area contributed by atoms with Gasteiger partial charge in [0, 0.05) is 29.2 Å². The van der Waals surface area contributed by atoms with Crippen LogP contribution < -0.4 is 0 Å². The lowest BCUT2D eigenvalue weighted by Gasteiger charge is -2.06. The van der Waals surface area contributed by atoms with Crippen molar-refractivity contribution in [2.75, 3.05) is 6.61 Å². The Morgan fingerprint density at radius 1 is 1.40 bits per heavy atom. The van der Waals surface area contributed by atoms with Gasteiger partial charge in [0.2, 0.25) is 0 Å². The van der Waals surface area contributed by atoms with Gasteiger partial charge in [0.1, 0.15) is 6.54 Å². The van der Waals surface area contributed by atoms with Gasteiger partial charge in [-0.3, -0.25) is 14.9 Å². The van der Waals surface area contributed by atoms with E-state index in [-0.39, 0.29) is 18.2 Å². The smallest absolute Gasteiger partial charge is 0.325 e. The zero-order valence-corrected chi connectivity index (χ0v) is 11.2. The normalized spacial score (nSPS) is 10.7. The molecule has 6 heteroatoms. The van der Waals surface area contributed by atoms with Gasteiger partial charge in [-0.15, -0.1) is 0 Å². The summed E-state index contributed by atoms with van der Waals surface area (Å²) in [6, 6.07) is 6.32. The Bertz CT molecular complexity index is 633. The van der Waals surface area contributed by atoms with Crippen LogP contribution in [0.4, 0.5) is 5.69 Å². The van der Waals surface area contributed by atoms with Gasteiger partial charge in [-0.2, -0.15) is 0 Å². The third-order valence-corrected chi connectivity index (χ3v) is 3.03. The maximum Gasteiger partial charge on any atom is 0.325 e. The van der Waals surface area contributed by atoms with Crippen LogP contribution in [0.3, 0.4) is 0 Å². The van der Waals surface area contributed by atoms with Crippen LogP contribution in [-0.2, 0) is 16.1 Å². The number of esters is 1. The van der Waals surface area contributed by atoms with Crippen LogP contribution in [-0.4, -0.2) is 22.1 Å². The standard InChI is InChI=1S/C14H16N2O4/c1-2-3-8-20-14(17)10-15-7-6-11-9-12(16(18)19)4-5-13(11)15/h4-7,9H,2-3,8,10H2,1H3.